The summed E-state index contributed by atoms with van der Waals surface area (Å²) in [5, 5.41) is 17.9. The van der Waals surface area contributed by atoms with E-state index < -0.39 is 5.41 Å². The molecule has 1 rings (SSSR count). The summed E-state index contributed by atoms with van der Waals surface area (Å²) in [7, 11) is 0. The van der Waals surface area contributed by atoms with Gasteiger partial charge in [-0.15, -0.1) is 0 Å². The predicted octanol–water partition coefficient (Wildman–Crippen LogP) is 3.14. The molecule has 0 saturated carbocycles. The van der Waals surface area contributed by atoms with Gasteiger partial charge in [-0.2, -0.15) is 10.5 Å². The van der Waals surface area contributed by atoms with Crippen molar-refractivity contribution in [3.05, 3.63) is 35.4 Å². The van der Waals surface area contributed by atoms with Crippen LogP contribution in [-0.2, 0) is 5.41 Å². The van der Waals surface area contributed by atoms with Gasteiger partial charge in [0.1, 0.15) is 0 Å². The van der Waals surface area contributed by atoms with Crippen LogP contribution in [0.1, 0.15) is 37.8 Å². The lowest BCUT2D eigenvalue weighted by Gasteiger charge is -2.23. The summed E-state index contributed by atoms with van der Waals surface area (Å²) in [6.45, 7) is 4.04. The first kappa shape index (κ1) is 11.3. The zero-order chi connectivity index (χ0) is 11.3. The van der Waals surface area contributed by atoms with Crippen LogP contribution < -0.4 is 0 Å². The first-order chi connectivity index (χ1) is 7.22. The van der Waals surface area contributed by atoms with Crippen molar-refractivity contribution in [3.63, 3.8) is 0 Å². The van der Waals surface area contributed by atoms with Crippen molar-refractivity contribution in [3.8, 4) is 12.1 Å². The van der Waals surface area contributed by atoms with Crippen molar-refractivity contribution in [2.24, 2.45) is 0 Å². The number of hydrogen-bond donors (Lipinski definition) is 0. The van der Waals surface area contributed by atoms with Crippen molar-refractivity contribution < 1.29 is 0 Å². The minimum atomic E-state index is -0.395. The van der Waals surface area contributed by atoms with Crippen LogP contribution in [0.3, 0.4) is 0 Å². The Morgan fingerprint density at radius 2 is 1.60 bits per heavy atom. The second-order valence-corrected chi connectivity index (χ2v) is 3.59. The van der Waals surface area contributed by atoms with E-state index in [2.05, 4.69) is 12.1 Å². The maximum Gasteiger partial charge on any atom is 0.0991 e. The first-order valence-electron chi connectivity index (χ1n) is 5.14. The molecule has 0 bridgehead atoms. The lowest BCUT2D eigenvalue weighted by Crippen LogP contribution is -2.21. The van der Waals surface area contributed by atoms with E-state index in [9.17, 15) is 5.26 Å². The second kappa shape index (κ2) is 4.62. The summed E-state index contributed by atoms with van der Waals surface area (Å²) in [5.74, 6) is 0. The van der Waals surface area contributed by atoms with Crippen LogP contribution in [-0.4, -0.2) is 0 Å². The number of rotatable bonds is 3. The average molecular weight is 198 g/mol. The lowest BCUT2D eigenvalue weighted by molar-refractivity contribution is 0.511. The van der Waals surface area contributed by atoms with Crippen molar-refractivity contribution >= 4 is 0 Å². The van der Waals surface area contributed by atoms with Gasteiger partial charge in [0.25, 0.3) is 0 Å². The Kier molecular flexibility index (Phi) is 3.47. The summed E-state index contributed by atoms with van der Waals surface area (Å²) < 4.78 is 0. The standard InChI is InChI=1S/C13H14N2/c1-3-13(4-2,10-15)12-7-5-11(9-14)6-8-12/h5-8H,3-4H2,1-2H3. The smallest absolute Gasteiger partial charge is 0.0991 e. The van der Waals surface area contributed by atoms with Gasteiger partial charge in [0.2, 0.25) is 0 Å². The summed E-state index contributed by atoms with van der Waals surface area (Å²) in [6.07, 6.45) is 1.60. The van der Waals surface area contributed by atoms with Crippen LogP contribution >= 0.6 is 0 Å². The number of hydrogen-bond acceptors (Lipinski definition) is 2. The SMILES string of the molecule is CCC(C#N)(CC)c1ccc(C#N)cc1. The molecule has 0 N–H and O–H groups in total. The third-order valence-corrected chi connectivity index (χ3v) is 2.99. The third kappa shape index (κ3) is 2.00. The zero-order valence-electron chi connectivity index (χ0n) is 9.12. The summed E-state index contributed by atoms with van der Waals surface area (Å²) in [5.41, 5.74) is 1.25. The molecule has 0 unspecified atom stereocenters. The van der Waals surface area contributed by atoms with E-state index in [0.29, 0.717) is 5.56 Å². The van der Waals surface area contributed by atoms with Crippen molar-refractivity contribution in [1.82, 2.24) is 0 Å². The Balaban J connectivity index is 3.15. The Labute approximate surface area is 90.8 Å². The fourth-order valence-electron chi connectivity index (χ4n) is 1.74. The molecule has 0 radical (unpaired) electrons. The minimum absolute atomic E-state index is 0.395. The van der Waals surface area contributed by atoms with Gasteiger partial charge < -0.3 is 0 Å². The predicted molar refractivity (Wildman–Crippen MR) is 59.0 cm³/mol. The van der Waals surface area contributed by atoms with E-state index in [1.807, 2.05) is 26.0 Å². The fourth-order valence-corrected chi connectivity index (χ4v) is 1.74. The average Bonchev–Trinajstić information content (AvgIpc) is 2.33. The Hall–Kier alpha value is -1.80. The molecule has 0 spiro atoms. The van der Waals surface area contributed by atoms with Crippen molar-refractivity contribution in [2.45, 2.75) is 32.1 Å². The molecule has 0 aromatic heterocycles. The van der Waals surface area contributed by atoms with Crippen LogP contribution in [0.5, 0.6) is 0 Å². The summed E-state index contributed by atoms with van der Waals surface area (Å²) in [6, 6.07) is 11.8. The van der Waals surface area contributed by atoms with E-state index in [4.69, 9.17) is 5.26 Å². The maximum atomic E-state index is 9.24. The van der Waals surface area contributed by atoms with E-state index in [1.165, 1.54) is 0 Å². The van der Waals surface area contributed by atoms with Gasteiger partial charge in [-0.25, -0.2) is 0 Å². The highest BCUT2D eigenvalue weighted by molar-refractivity contribution is 5.38. The maximum absolute atomic E-state index is 9.24. The van der Waals surface area contributed by atoms with Gasteiger partial charge in [0.05, 0.1) is 23.1 Å². The van der Waals surface area contributed by atoms with Gasteiger partial charge >= 0.3 is 0 Å². The molecule has 0 aliphatic heterocycles. The molecule has 0 amide bonds. The quantitative estimate of drug-likeness (QED) is 0.749. The molecule has 0 aliphatic carbocycles. The van der Waals surface area contributed by atoms with Crippen LogP contribution in [0.15, 0.2) is 24.3 Å². The Morgan fingerprint density at radius 3 is 1.93 bits per heavy atom. The largest absolute Gasteiger partial charge is 0.197 e. The monoisotopic (exact) mass is 198 g/mol. The van der Waals surface area contributed by atoms with E-state index in [1.54, 1.807) is 12.1 Å². The van der Waals surface area contributed by atoms with Gasteiger partial charge in [0.15, 0.2) is 0 Å². The molecule has 1 aromatic carbocycles. The normalized spacial score (nSPS) is 10.4. The molecule has 1 aromatic rings. The molecular weight excluding hydrogens is 184 g/mol. The molecule has 15 heavy (non-hydrogen) atoms. The molecule has 0 aliphatic rings. The highest BCUT2D eigenvalue weighted by Crippen LogP contribution is 2.30. The summed E-state index contributed by atoms with van der Waals surface area (Å²) in [4.78, 5) is 0. The van der Waals surface area contributed by atoms with E-state index in [-0.39, 0.29) is 0 Å². The van der Waals surface area contributed by atoms with E-state index in [0.717, 1.165) is 18.4 Å². The second-order valence-electron chi connectivity index (χ2n) is 3.59. The summed E-state index contributed by atoms with van der Waals surface area (Å²) >= 11 is 0. The molecule has 2 nitrogen and oxygen atoms in total. The first-order valence-corrected chi connectivity index (χ1v) is 5.14. The molecular formula is C13H14N2. The number of benzene rings is 1. The fraction of sp³-hybridized carbons (Fsp3) is 0.385. The number of nitrogens with zero attached hydrogens (tertiary/aromatic N) is 2. The molecule has 0 atom stereocenters. The van der Waals surface area contributed by atoms with Gasteiger partial charge in [-0.3, -0.25) is 0 Å². The third-order valence-electron chi connectivity index (χ3n) is 2.99. The van der Waals surface area contributed by atoms with Gasteiger partial charge in [0, 0.05) is 0 Å². The van der Waals surface area contributed by atoms with Crippen molar-refractivity contribution in [1.29, 1.82) is 10.5 Å². The minimum Gasteiger partial charge on any atom is -0.197 e. The zero-order valence-corrected chi connectivity index (χ0v) is 9.12. The molecule has 2 heteroatoms. The lowest BCUT2D eigenvalue weighted by atomic mass is 9.77. The van der Waals surface area contributed by atoms with Crippen LogP contribution in [0, 0.1) is 22.7 Å². The highest BCUT2D eigenvalue weighted by atomic mass is 14.4. The van der Waals surface area contributed by atoms with Crippen molar-refractivity contribution in [2.75, 3.05) is 0 Å². The highest BCUT2D eigenvalue weighted by Gasteiger charge is 2.27. The number of nitriles is 2. The topological polar surface area (TPSA) is 47.6 Å². The van der Waals surface area contributed by atoms with Gasteiger partial charge in [-0.05, 0) is 30.5 Å². The molecule has 0 heterocycles. The van der Waals surface area contributed by atoms with Gasteiger partial charge in [-0.1, -0.05) is 26.0 Å². The Morgan fingerprint density at radius 1 is 1.07 bits per heavy atom. The molecule has 0 saturated heterocycles. The van der Waals surface area contributed by atoms with E-state index >= 15 is 0 Å². The van der Waals surface area contributed by atoms with Crippen LogP contribution in [0.25, 0.3) is 0 Å². The van der Waals surface area contributed by atoms with Crippen LogP contribution in [0.4, 0.5) is 0 Å². The Bertz CT molecular complexity index is 400. The molecule has 0 fully saturated rings. The molecule has 76 valence electrons. The van der Waals surface area contributed by atoms with Crippen LogP contribution in [0.2, 0.25) is 0 Å².